The summed E-state index contributed by atoms with van der Waals surface area (Å²) in [6, 6.07) is 0. The Bertz CT molecular complexity index is 550. The Morgan fingerprint density at radius 1 is 1.37 bits per heavy atom. The third kappa shape index (κ3) is 2.09. The number of Topliss-reactive ketones (excluding diaryl/α,β-unsaturated/α-hetero) is 1. The summed E-state index contributed by atoms with van der Waals surface area (Å²) in [5.41, 5.74) is 4.07. The van der Waals surface area contributed by atoms with Crippen molar-refractivity contribution in [3.05, 3.63) is 28.7 Å². The molecule has 0 spiro atoms. The molecule has 0 amide bonds. The number of ketones is 1. The smallest absolute Gasteiger partial charge is 0.194 e. The summed E-state index contributed by atoms with van der Waals surface area (Å²) in [6.07, 6.45) is 6.09. The van der Waals surface area contributed by atoms with Crippen LogP contribution in [0.3, 0.4) is 0 Å². The van der Waals surface area contributed by atoms with Crippen molar-refractivity contribution in [1.82, 2.24) is 14.7 Å². The predicted molar refractivity (Wildman–Crippen MR) is 74.3 cm³/mol. The van der Waals surface area contributed by atoms with E-state index in [0.29, 0.717) is 5.92 Å². The van der Waals surface area contributed by atoms with Gasteiger partial charge in [-0.05, 0) is 32.6 Å². The van der Waals surface area contributed by atoms with Gasteiger partial charge in [0.25, 0.3) is 0 Å². The molecule has 1 heterocycles. The zero-order valence-electron chi connectivity index (χ0n) is 11.9. The molecule has 1 fully saturated rings. The quantitative estimate of drug-likeness (QED) is 0.782. The Morgan fingerprint density at radius 3 is 2.68 bits per heavy atom. The van der Waals surface area contributed by atoms with Gasteiger partial charge in [-0.15, -0.1) is 0 Å². The van der Waals surface area contributed by atoms with Crippen molar-refractivity contribution < 1.29 is 4.79 Å². The Balaban J connectivity index is 2.07. The van der Waals surface area contributed by atoms with E-state index >= 15 is 0 Å². The Kier molecular flexibility index (Phi) is 2.96. The number of carbonyl (C=O) groups excluding carboxylic acids is 1. The standard InChI is InChI=1S/C15H21N3O/c1-4-18-14(10-5-6-10)13-12(16-18)8-7-11(15(13)19)9-17(2)3/h9-10H,4-8H2,1-3H3/b11-9+. The molecule has 0 unspecified atom stereocenters. The molecule has 1 saturated carbocycles. The minimum absolute atomic E-state index is 0.205. The predicted octanol–water partition coefficient (Wildman–Crippen LogP) is 2.35. The van der Waals surface area contributed by atoms with Crippen molar-refractivity contribution in [1.29, 1.82) is 0 Å². The number of aryl methyl sites for hydroxylation is 2. The fourth-order valence-electron chi connectivity index (χ4n) is 2.92. The molecule has 0 saturated heterocycles. The summed E-state index contributed by atoms with van der Waals surface area (Å²) < 4.78 is 2.05. The third-order valence-electron chi connectivity index (χ3n) is 3.89. The monoisotopic (exact) mass is 259 g/mol. The number of allylic oxidation sites excluding steroid dienone is 1. The first kappa shape index (κ1) is 12.5. The fraction of sp³-hybridized carbons (Fsp3) is 0.600. The van der Waals surface area contributed by atoms with Gasteiger partial charge in [0.1, 0.15) is 0 Å². The molecular formula is C15H21N3O. The van der Waals surface area contributed by atoms with Crippen LogP contribution in [-0.2, 0) is 13.0 Å². The highest BCUT2D eigenvalue weighted by Gasteiger charge is 2.37. The second-order valence-corrected chi connectivity index (χ2v) is 5.74. The third-order valence-corrected chi connectivity index (χ3v) is 3.89. The molecule has 1 aromatic rings. The van der Waals surface area contributed by atoms with Crippen LogP contribution in [-0.4, -0.2) is 34.6 Å². The van der Waals surface area contributed by atoms with Gasteiger partial charge in [-0.3, -0.25) is 9.48 Å². The molecule has 0 aliphatic heterocycles. The average Bonchev–Trinajstić information content (AvgIpc) is 3.13. The summed E-state index contributed by atoms with van der Waals surface area (Å²) in [5.74, 6) is 0.774. The van der Waals surface area contributed by atoms with Crippen molar-refractivity contribution in [3.8, 4) is 0 Å². The van der Waals surface area contributed by atoms with E-state index in [9.17, 15) is 4.79 Å². The van der Waals surface area contributed by atoms with E-state index in [4.69, 9.17) is 0 Å². The van der Waals surface area contributed by atoms with Crippen LogP contribution in [0.25, 0.3) is 0 Å². The summed E-state index contributed by atoms with van der Waals surface area (Å²) in [6.45, 7) is 2.96. The first-order valence-corrected chi connectivity index (χ1v) is 7.13. The van der Waals surface area contributed by atoms with E-state index in [1.165, 1.54) is 18.5 Å². The molecule has 0 aromatic carbocycles. The zero-order chi connectivity index (χ0) is 13.6. The van der Waals surface area contributed by atoms with E-state index < -0.39 is 0 Å². The summed E-state index contributed by atoms with van der Waals surface area (Å²) >= 11 is 0. The van der Waals surface area contributed by atoms with Gasteiger partial charge in [0.15, 0.2) is 5.78 Å². The number of carbonyl (C=O) groups is 1. The van der Waals surface area contributed by atoms with Crippen LogP contribution in [0.2, 0.25) is 0 Å². The number of rotatable bonds is 3. The highest BCUT2D eigenvalue weighted by atomic mass is 16.1. The average molecular weight is 259 g/mol. The Hall–Kier alpha value is -1.58. The van der Waals surface area contributed by atoms with E-state index in [-0.39, 0.29) is 5.78 Å². The first-order valence-electron chi connectivity index (χ1n) is 7.13. The molecule has 0 N–H and O–H groups in total. The van der Waals surface area contributed by atoms with Crippen LogP contribution in [0.4, 0.5) is 0 Å². The van der Waals surface area contributed by atoms with Crippen LogP contribution in [0, 0.1) is 0 Å². The van der Waals surface area contributed by atoms with E-state index in [2.05, 4.69) is 16.7 Å². The molecular weight excluding hydrogens is 238 g/mol. The van der Waals surface area contributed by atoms with Gasteiger partial charge in [0.05, 0.1) is 17.0 Å². The second-order valence-electron chi connectivity index (χ2n) is 5.74. The molecule has 102 valence electrons. The van der Waals surface area contributed by atoms with Crippen LogP contribution < -0.4 is 0 Å². The van der Waals surface area contributed by atoms with Gasteiger partial charge in [-0.1, -0.05) is 0 Å². The van der Waals surface area contributed by atoms with Crippen molar-refractivity contribution >= 4 is 5.78 Å². The summed E-state index contributed by atoms with van der Waals surface area (Å²) in [7, 11) is 3.93. The molecule has 0 radical (unpaired) electrons. The fourth-order valence-corrected chi connectivity index (χ4v) is 2.92. The molecule has 3 rings (SSSR count). The first-order chi connectivity index (χ1) is 9.11. The summed E-state index contributed by atoms with van der Waals surface area (Å²) in [5, 5.41) is 4.65. The maximum absolute atomic E-state index is 12.7. The van der Waals surface area contributed by atoms with Crippen molar-refractivity contribution in [2.45, 2.75) is 45.1 Å². The zero-order valence-corrected chi connectivity index (χ0v) is 11.9. The molecule has 4 nitrogen and oxygen atoms in total. The van der Waals surface area contributed by atoms with E-state index in [1.54, 1.807) is 0 Å². The SMILES string of the molecule is CCn1nc2c(c1C1CC1)C(=O)/C(=C/N(C)C)CC2. The van der Waals surface area contributed by atoms with Gasteiger partial charge in [0.2, 0.25) is 0 Å². The number of hydrogen-bond acceptors (Lipinski definition) is 3. The molecule has 0 atom stereocenters. The van der Waals surface area contributed by atoms with Gasteiger partial charge < -0.3 is 4.90 Å². The molecule has 2 aliphatic rings. The molecule has 1 aromatic heterocycles. The molecule has 19 heavy (non-hydrogen) atoms. The van der Waals surface area contributed by atoms with Crippen molar-refractivity contribution in [3.63, 3.8) is 0 Å². The number of nitrogens with zero attached hydrogens (tertiary/aromatic N) is 3. The molecule has 4 heteroatoms. The Labute approximate surface area is 114 Å². The maximum atomic E-state index is 12.7. The normalized spacial score (nSPS) is 20.8. The van der Waals surface area contributed by atoms with Crippen LogP contribution >= 0.6 is 0 Å². The van der Waals surface area contributed by atoms with Gasteiger partial charge in [-0.2, -0.15) is 5.10 Å². The topological polar surface area (TPSA) is 38.1 Å². The van der Waals surface area contributed by atoms with Gasteiger partial charge in [-0.25, -0.2) is 0 Å². The highest BCUT2D eigenvalue weighted by molar-refractivity contribution is 6.11. The second kappa shape index (κ2) is 4.51. The van der Waals surface area contributed by atoms with Gasteiger partial charge >= 0.3 is 0 Å². The lowest BCUT2D eigenvalue weighted by Gasteiger charge is -2.16. The Morgan fingerprint density at radius 2 is 2.11 bits per heavy atom. The van der Waals surface area contributed by atoms with E-state index in [0.717, 1.165) is 36.2 Å². The summed E-state index contributed by atoms with van der Waals surface area (Å²) in [4.78, 5) is 14.6. The minimum Gasteiger partial charge on any atom is -0.383 e. The van der Waals surface area contributed by atoms with E-state index in [1.807, 2.05) is 25.2 Å². The lowest BCUT2D eigenvalue weighted by molar-refractivity contribution is 0.102. The number of aromatic nitrogens is 2. The maximum Gasteiger partial charge on any atom is 0.194 e. The van der Waals surface area contributed by atoms with Crippen molar-refractivity contribution in [2.75, 3.05) is 14.1 Å². The lowest BCUT2D eigenvalue weighted by Crippen LogP contribution is -2.17. The number of hydrogen-bond donors (Lipinski definition) is 0. The lowest BCUT2D eigenvalue weighted by atomic mass is 9.89. The number of fused-ring (bicyclic) bond motifs is 1. The van der Waals surface area contributed by atoms with Crippen LogP contribution in [0.1, 0.15) is 53.8 Å². The van der Waals surface area contributed by atoms with Crippen molar-refractivity contribution in [2.24, 2.45) is 0 Å². The minimum atomic E-state index is 0.205. The highest BCUT2D eigenvalue weighted by Crippen LogP contribution is 2.44. The van der Waals surface area contributed by atoms with Gasteiger partial charge in [0, 0.05) is 38.3 Å². The van der Waals surface area contributed by atoms with Crippen LogP contribution in [0.15, 0.2) is 11.8 Å². The molecule has 2 aliphatic carbocycles. The van der Waals surface area contributed by atoms with Crippen LogP contribution in [0.5, 0.6) is 0 Å². The largest absolute Gasteiger partial charge is 0.383 e. The molecule has 0 bridgehead atoms.